The number of carbonyl (C=O) groups excluding carboxylic acids is 1. The van der Waals surface area contributed by atoms with Crippen LogP contribution in [0.25, 0.3) is 6.08 Å². The fourth-order valence-corrected chi connectivity index (χ4v) is 2.35. The maximum atomic E-state index is 12.5. The predicted octanol–water partition coefficient (Wildman–Crippen LogP) is 4.03. The van der Waals surface area contributed by atoms with E-state index in [1.807, 2.05) is 48.5 Å². The molecule has 0 fully saturated rings. The molecule has 3 nitrogen and oxygen atoms in total. The molecule has 1 amide bonds. The van der Waals surface area contributed by atoms with Crippen LogP contribution in [-0.4, -0.2) is 31.1 Å². The summed E-state index contributed by atoms with van der Waals surface area (Å²) in [6, 6.07) is 17.3. The Bertz CT molecular complexity index is 655. The Kier molecular flexibility index (Phi) is 6.85. The average Bonchev–Trinajstić information content (AvgIpc) is 2.57. The number of ether oxygens (including phenoxy) is 1. The summed E-state index contributed by atoms with van der Waals surface area (Å²) in [6.07, 6.45) is 3.35. The predicted molar refractivity (Wildman–Crippen MR) is 94.2 cm³/mol. The molecule has 0 heterocycles. The first-order valence-corrected chi connectivity index (χ1v) is 7.82. The van der Waals surface area contributed by atoms with Gasteiger partial charge in [0, 0.05) is 31.3 Å². The Morgan fingerprint density at radius 1 is 1.17 bits per heavy atom. The average molecular weight is 330 g/mol. The van der Waals surface area contributed by atoms with E-state index in [1.165, 1.54) is 0 Å². The number of amides is 1. The summed E-state index contributed by atoms with van der Waals surface area (Å²) in [4.78, 5) is 14.2. The van der Waals surface area contributed by atoms with E-state index in [0.29, 0.717) is 24.7 Å². The van der Waals surface area contributed by atoms with Crippen molar-refractivity contribution in [2.75, 3.05) is 20.3 Å². The lowest BCUT2D eigenvalue weighted by Crippen LogP contribution is -2.32. The highest BCUT2D eigenvalue weighted by atomic mass is 35.5. The largest absolute Gasteiger partial charge is 0.383 e. The lowest BCUT2D eigenvalue weighted by Gasteiger charge is -2.21. The Balaban J connectivity index is 2.06. The first-order valence-electron chi connectivity index (χ1n) is 7.44. The van der Waals surface area contributed by atoms with Crippen LogP contribution in [0.15, 0.2) is 60.7 Å². The molecule has 23 heavy (non-hydrogen) atoms. The molecular formula is C19H20ClNO2. The van der Waals surface area contributed by atoms with Crippen molar-refractivity contribution in [2.45, 2.75) is 6.54 Å². The second kappa shape index (κ2) is 9.13. The van der Waals surface area contributed by atoms with Gasteiger partial charge in [0.25, 0.3) is 0 Å². The van der Waals surface area contributed by atoms with Gasteiger partial charge in [0.15, 0.2) is 0 Å². The van der Waals surface area contributed by atoms with Gasteiger partial charge in [-0.2, -0.15) is 0 Å². The van der Waals surface area contributed by atoms with Crippen molar-refractivity contribution in [3.8, 4) is 0 Å². The molecule has 0 aliphatic carbocycles. The molecule has 0 spiro atoms. The molecule has 0 saturated heterocycles. The van der Waals surface area contributed by atoms with Gasteiger partial charge in [0.2, 0.25) is 5.91 Å². The highest BCUT2D eigenvalue weighted by Crippen LogP contribution is 2.12. The van der Waals surface area contributed by atoms with Crippen LogP contribution in [0.5, 0.6) is 0 Å². The third kappa shape index (κ3) is 5.89. The van der Waals surface area contributed by atoms with Crippen LogP contribution in [0, 0.1) is 0 Å². The summed E-state index contributed by atoms with van der Waals surface area (Å²) in [5.41, 5.74) is 1.99. The molecule has 2 aromatic carbocycles. The van der Waals surface area contributed by atoms with Crippen LogP contribution in [0.4, 0.5) is 0 Å². The van der Waals surface area contributed by atoms with Crippen molar-refractivity contribution in [3.63, 3.8) is 0 Å². The number of rotatable bonds is 7. The molecule has 0 bridgehead atoms. The summed E-state index contributed by atoms with van der Waals surface area (Å²) in [6.45, 7) is 1.61. The second-order valence-corrected chi connectivity index (χ2v) is 5.56. The summed E-state index contributed by atoms with van der Waals surface area (Å²) < 4.78 is 5.10. The van der Waals surface area contributed by atoms with E-state index in [2.05, 4.69) is 0 Å². The number of hydrogen-bond donors (Lipinski definition) is 0. The van der Waals surface area contributed by atoms with E-state index in [4.69, 9.17) is 16.3 Å². The van der Waals surface area contributed by atoms with Gasteiger partial charge in [-0.3, -0.25) is 4.79 Å². The number of carbonyl (C=O) groups is 1. The lowest BCUT2D eigenvalue weighted by molar-refractivity contribution is -0.127. The Hall–Kier alpha value is -2.10. The van der Waals surface area contributed by atoms with Crippen LogP contribution >= 0.6 is 11.6 Å². The van der Waals surface area contributed by atoms with Gasteiger partial charge in [-0.15, -0.1) is 0 Å². The van der Waals surface area contributed by atoms with Gasteiger partial charge >= 0.3 is 0 Å². The zero-order valence-corrected chi connectivity index (χ0v) is 13.9. The van der Waals surface area contributed by atoms with Gasteiger partial charge in [-0.05, 0) is 29.3 Å². The minimum absolute atomic E-state index is 0.0501. The zero-order valence-electron chi connectivity index (χ0n) is 13.1. The maximum Gasteiger partial charge on any atom is 0.246 e. The van der Waals surface area contributed by atoms with Crippen LogP contribution in [0.3, 0.4) is 0 Å². The third-order valence-corrected chi connectivity index (χ3v) is 3.60. The van der Waals surface area contributed by atoms with Crippen molar-refractivity contribution in [3.05, 3.63) is 76.8 Å². The summed E-state index contributed by atoms with van der Waals surface area (Å²) in [5.74, 6) is -0.0501. The number of methoxy groups -OCH3 is 1. The van der Waals surface area contributed by atoms with Crippen molar-refractivity contribution in [1.82, 2.24) is 4.90 Å². The standard InChI is InChI=1S/C19H20ClNO2/c1-23-13-12-21(15-17-6-3-2-4-7-17)19(22)11-10-16-8-5-9-18(20)14-16/h2-11,14H,12-13,15H2,1H3/b11-10+. The minimum Gasteiger partial charge on any atom is -0.383 e. The van der Waals surface area contributed by atoms with Crippen LogP contribution in [-0.2, 0) is 16.1 Å². The monoisotopic (exact) mass is 329 g/mol. The number of nitrogens with zero attached hydrogens (tertiary/aromatic N) is 1. The van der Waals surface area contributed by atoms with Gasteiger partial charge < -0.3 is 9.64 Å². The first-order chi connectivity index (χ1) is 11.2. The first kappa shape index (κ1) is 17.3. The van der Waals surface area contributed by atoms with E-state index in [-0.39, 0.29) is 5.91 Å². The number of benzene rings is 2. The zero-order chi connectivity index (χ0) is 16.5. The van der Waals surface area contributed by atoms with Crippen molar-refractivity contribution >= 4 is 23.6 Å². The molecule has 0 aromatic heterocycles. The molecule has 0 saturated carbocycles. The normalized spacial score (nSPS) is 10.9. The molecular weight excluding hydrogens is 310 g/mol. The van der Waals surface area contributed by atoms with E-state index in [0.717, 1.165) is 11.1 Å². The fraction of sp³-hybridized carbons (Fsp3) is 0.211. The topological polar surface area (TPSA) is 29.5 Å². The molecule has 0 unspecified atom stereocenters. The van der Waals surface area contributed by atoms with E-state index in [9.17, 15) is 4.79 Å². The molecule has 0 N–H and O–H groups in total. The molecule has 0 aliphatic heterocycles. The molecule has 4 heteroatoms. The van der Waals surface area contributed by atoms with Crippen LogP contribution in [0.1, 0.15) is 11.1 Å². The van der Waals surface area contributed by atoms with Gasteiger partial charge in [-0.25, -0.2) is 0 Å². The summed E-state index contributed by atoms with van der Waals surface area (Å²) in [7, 11) is 1.63. The van der Waals surface area contributed by atoms with Crippen LogP contribution in [0.2, 0.25) is 5.02 Å². The molecule has 2 aromatic rings. The van der Waals surface area contributed by atoms with Crippen molar-refractivity contribution in [2.24, 2.45) is 0 Å². The van der Waals surface area contributed by atoms with E-state index < -0.39 is 0 Å². The smallest absolute Gasteiger partial charge is 0.246 e. The van der Waals surface area contributed by atoms with Crippen LogP contribution < -0.4 is 0 Å². The third-order valence-electron chi connectivity index (χ3n) is 3.36. The molecule has 2 rings (SSSR count). The SMILES string of the molecule is COCCN(Cc1ccccc1)C(=O)/C=C/c1cccc(Cl)c1. The van der Waals surface area contributed by atoms with Crippen molar-refractivity contribution in [1.29, 1.82) is 0 Å². The second-order valence-electron chi connectivity index (χ2n) is 5.13. The molecule has 0 aliphatic rings. The van der Waals surface area contributed by atoms with Gasteiger partial charge in [-0.1, -0.05) is 54.1 Å². The molecule has 120 valence electrons. The minimum atomic E-state index is -0.0501. The van der Waals surface area contributed by atoms with E-state index >= 15 is 0 Å². The summed E-state index contributed by atoms with van der Waals surface area (Å²) >= 11 is 5.95. The molecule has 0 radical (unpaired) electrons. The molecule has 0 atom stereocenters. The Morgan fingerprint density at radius 3 is 2.65 bits per heavy atom. The highest BCUT2D eigenvalue weighted by Gasteiger charge is 2.11. The number of halogens is 1. The Morgan fingerprint density at radius 2 is 1.96 bits per heavy atom. The van der Waals surface area contributed by atoms with Gasteiger partial charge in [0.1, 0.15) is 0 Å². The summed E-state index contributed by atoms with van der Waals surface area (Å²) in [5, 5.41) is 0.653. The highest BCUT2D eigenvalue weighted by molar-refractivity contribution is 6.30. The quantitative estimate of drug-likeness (QED) is 0.718. The van der Waals surface area contributed by atoms with Gasteiger partial charge in [0.05, 0.1) is 6.61 Å². The maximum absolute atomic E-state index is 12.5. The van der Waals surface area contributed by atoms with Crippen molar-refractivity contribution < 1.29 is 9.53 Å². The lowest BCUT2D eigenvalue weighted by atomic mass is 10.2. The number of hydrogen-bond acceptors (Lipinski definition) is 2. The Labute approximate surface area is 142 Å². The fourth-order valence-electron chi connectivity index (χ4n) is 2.16. The van der Waals surface area contributed by atoms with E-state index in [1.54, 1.807) is 30.2 Å².